The lowest BCUT2D eigenvalue weighted by Crippen LogP contribution is -2.63. The van der Waals surface area contributed by atoms with Gasteiger partial charge in [-0.05, 0) is 0 Å². The molecule has 4 heteroatoms. The number of hydrogen-bond acceptors (Lipinski definition) is 4. The molecule has 1 rings (SSSR count). The highest BCUT2D eigenvalue weighted by molar-refractivity contribution is 4.91. The summed E-state index contributed by atoms with van der Waals surface area (Å²) in [6.07, 6.45) is -0.193. The van der Waals surface area contributed by atoms with Crippen molar-refractivity contribution >= 4 is 0 Å². The monoisotopic (exact) mass is 162 g/mol. The van der Waals surface area contributed by atoms with Gasteiger partial charge < -0.3 is 19.7 Å². The van der Waals surface area contributed by atoms with Crippen LogP contribution in [0.4, 0.5) is 0 Å². The average Bonchev–Trinajstić information content (AvgIpc) is 2.05. The Morgan fingerprint density at radius 1 is 1.55 bits per heavy atom. The minimum Gasteiger partial charge on any atom is -0.394 e. The molecule has 0 amide bonds. The van der Waals surface area contributed by atoms with Gasteiger partial charge in [-0.2, -0.15) is 0 Å². The van der Waals surface area contributed by atoms with Crippen molar-refractivity contribution < 1.29 is 19.7 Å². The van der Waals surface area contributed by atoms with Gasteiger partial charge in [-0.25, -0.2) is 0 Å². The van der Waals surface area contributed by atoms with E-state index in [9.17, 15) is 0 Å². The summed E-state index contributed by atoms with van der Waals surface area (Å²) in [6.45, 7) is 1.69. The Hall–Kier alpha value is -0.160. The van der Waals surface area contributed by atoms with Crippen LogP contribution in [0.15, 0.2) is 0 Å². The molecule has 3 atom stereocenters. The van der Waals surface area contributed by atoms with E-state index in [1.54, 1.807) is 0 Å². The predicted molar refractivity (Wildman–Crippen MR) is 37.9 cm³/mol. The van der Waals surface area contributed by atoms with Crippen LogP contribution in [0.25, 0.3) is 0 Å². The van der Waals surface area contributed by atoms with E-state index in [1.807, 2.05) is 6.92 Å². The third kappa shape index (κ3) is 1.16. The first-order valence-corrected chi connectivity index (χ1v) is 3.65. The van der Waals surface area contributed by atoms with Crippen LogP contribution in [0.2, 0.25) is 0 Å². The molecule has 1 fully saturated rings. The molecule has 1 saturated heterocycles. The second-order valence-corrected chi connectivity index (χ2v) is 2.80. The summed E-state index contributed by atoms with van der Waals surface area (Å²) in [5, 5.41) is 17.6. The zero-order valence-corrected chi connectivity index (χ0v) is 6.78. The SMILES string of the molecule is COC1(CO)OC(CO)[C@@H]1C. The van der Waals surface area contributed by atoms with E-state index in [2.05, 4.69) is 0 Å². The van der Waals surface area contributed by atoms with Crippen LogP contribution in [0, 0.1) is 5.92 Å². The number of aliphatic hydroxyl groups is 2. The van der Waals surface area contributed by atoms with Gasteiger partial charge in [-0.3, -0.25) is 0 Å². The first-order valence-electron chi connectivity index (χ1n) is 3.65. The van der Waals surface area contributed by atoms with E-state index in [0.29, 0.717) is 0 Å². The van der Waals surface area contributed by atoms with Gasteiger partial charge in [-0.15, -0.1) is 0 Å². The van der Waals surface area contributed by atoms with Crippen LogP contribution in [-0.2, 0) is 9.47 Å². The Bertz CT molecular complexity index is 132. The Balaban J connectivity index is 2.51. The molecule has 0 saturated carbocycles. The zero-order chi connectivity index (χ0) is 8.48. The fourth-order valence-electron chi connectivity index (χ4n) is 1.35. The molecule has 0 aromatic rings. The number of ether oxygens (including phenoxy) is 2. The quantitative estimate of drug-likeness (QED) is 0.579. The third-order valence-corrected chi connectivity index (χ3v) is 2.35. The second kappa shape index (κ2) is 3.06. The molecule has 1 aliphatic heterocycles. The lowest BCUT2D eigenvalue weighted by atomic mass is 9.88. The third-order valence-electron chi connectivity index (χ3n) is 2.35. The molecule has 1 heterocycles. The normalized spacial score (nSPS) is 43.6. The van der Waals surface area contributed by atoms with Crippen LogP contribution in [0.3, 0.4) is 0 Å². The standard InChI is InChI=1S/C7H14O4/c1-5-6(3-8)11-7(5,4-9)10-2/h5-6,8-9H,3-4H2,1-2H3/t5-,6?,7?/m0/s1. The summed E-state index contributed by atoms with van der Waals surface area (Å²) >= 11 is 0. The number of aliphatic hydroxyl groups excluding tert-OH is 2. The van der Waals surface area contributed by atoms with E-state index in [-0.39, 0.29) is 25.2 Å². The van der Waals surface area contributed by atoms with E-state index in [1.165, 1.54) is 7.11 Å². The number of methoxy groups -OCH3 is 1. The average molecular weight is 162 g/mol. The highest BCUT2D eigenvalue weighted by atomic mass is 16.7. The first kappa shape index (κ1) is 8.93. The van der Waals surface area contributed by atoms with Crippen molar-refractivity contribution in [3.05, 3.63) is 0 Å². The fraction of sp³-hybridized carbons (Fsp3) is 1.00. The van der Waals surface area contributed by atoms with Crippen molar-refractivity contribution in [3.63, 3.8) is 0 Å². The van der Waals surface area contributed by atoms with Crippen LogP contribution < -0.4 is 0 Å². The highest BCUT2D eigenvalue weighted by Crippen LogP contribution is 2.38. The van der Waals surface area contributed by atoms with Crippen molar-refractivity contribution in [2.75, 3.05) is 20.3 Å². The molecule has 1 aliphatic rings. The molecule has 2 N–H and O–H groups in total. The Morgan fingerprint density at radius 2 is 2.18 bits per heavy atom. The maximum atomic E-state index is 8.89. The van der Waals surface area contributed by atoms with Gasteiger partial charge in [0.1, 0.15) is 0 Å². The molecular formula is C7H14O4. The summed E-state index contributed by atoms with van der Waals surface area (Å²) in [5.74, 6) is -0.824. The topological polar surface area (TPSA) is 58.9 Å². The van der Waals surface area contributed by atoms with Gasteiger partial charge in [0.2, 0.25) is 0 Å². The molecule has 0 radical (unpaired) electrons. The minimum absolute atomic E-state index is 0.0216. The fourth-order valence-corrected chi connectivity index (χ4v) is 1.35. The minimum atomic E-state index is -0.868. The van der Waals surface area contributed by atoms with E-state index < -0.39 is 5.79 Å². The molecule has 0 spiro atoms. The molecule has 0 aromatic carbocycles. The molecular weight excluding hydrogens is 148 g/mol. The van der Waals surface area contributed by atoms with Gasteiger partial charge in [0.15, 0.2) is 5.79 Å². The maximum absolute atomic E-state index is 8.89. The lowest BCUT2D eigenvalue weighted by Gasteiger charge is -2.50. The van der Waals surface area contributed by atoms with E-state index in [4.69, 9.17) is 19.7 Å². The molecule has 2 unspecified atom stereocenters. The van der Waals surface area contributed by atoms with Crippen molar-refractivity contribution in [1.82, 2.24) is 0 Å². The number of rotatable bonds is 3. The Kier molecular flexibility index (Phi) is 2.49. The molecule has 4 nitrogen and oxygen atoms in total. The van der Waals surface area contributed by atoms with E-state index >= 15 is 0 Å². The zero-order valence-electron chi connectivity index (χ0n) is 6.78. The molecule has 11 heavy (non-hydrogen) atoms. The largest absolute Gasteiger partial charge is 0.394 e. The van der Waals surface area contributed by atoms with Gasteiger partial charge >= 0.3 is 0 Å². The summed E-state index contributed by atoms with van der Waals surface area (Å²) in [4.78, 5) is 0. The van der Waals surface area contributed by atoms with Gasteiger partial charge in [0.25, 0.3) is 0 Å². The van der Waals surface area contributed by atoms with Crippen molar-refractivity contribution in [2.24, 2.45) is 5.92 Å². The summed E-state index contributed by atoms with van der Waals surface area (Å²) < 4.78 is 10.1. The molecule has 0 bridgehead atoms. The Labute approximate surface area is 65.7 Å². The first-order chi connectivity index (χ1) is 5.20. The van der Waals surface area contributed by atoms with Crippen LogP contribution in [0.1, 0.15) is 6.92 Å². The van der Waals surface area contributed by atoms with E-state index in [0.717, 1.165) is 0 Å². The second-order valence-electron chi connectivity index (χ2n) is 2.80. The summed E-state index contributed by atoms with van der Waals surface area (Å²) in [5.41, 5.74) is 0. The highest BCUT2D eigenvalue weighted by Gasteiger charge is 2.52. The van der Waals surface area contributed by atoms with Gasteiger partial charge in [0, 0.05) is 13.0 Å². The Morgan fingerprint density at radius 3 is 2.45 bits per heavy atom. The smallest absolute Gasteiger partial charge is 0.196 e. The van der Waals surface area contributed by atoms with Crippen LogP contribution in [-0.4, -0.2) is 42.4 Å². The van der Waals surface area contributed by atoms with Gasteiger partial charge in [0.05, 0.1) is 19.3 Å². The molecule has 0 aliphatic carbocycles. The maximum Gasteiger partial charge on any atom is 0.196 e. The number of hydrogen-bond donors (Lipinski definition) is 2. The summed E-state index contributed by atoms with van der Waals surface area (Å²) in [6, 6.07) is 0. The van der Waals surface area contributed by atoms with Crippen LogP contribution >= 0.6 is 0 Å². The lowest BCUT2D eigenvalue weighted by molar-refractivity contribution is -0.385. The summed E-state index contributed by atoms with van der Waals surface area (Å²) in [7, 11) is 1.49. The molecule has 0 aromatic heterocycles. The van der Waals surface area contributed by atoms with Crippen molar-refractivity contribution in [2.45, 2.75) is 18.8 Å². The predicted octanol–water partition coefficient (Wildman–Crippen LogP) is -0.651. The van der Waals surface area contributed by atoms with Crippen LogP contribution in [0.5, 0.6) is 0 Å². The van der Waals surface area contributed by atoms with Gasteiger partial charge in [-0.1, -0.05) is 6.92 Å². The van der Waals surface area contributed by atoms with Crippen molar-refractivity contribution in [3.8, 4) is 0 Å². The molecule has 66 valence electrons. The van der Waals surface area contributed by atoms with Crippen molar-refractivity contribution in [1.29, 1.82) is 0 Å².